The van der Waals surface area contributed by atoms with Crippen LogP contribution in [-0.4, -0.2) is 65.0 Å². The number of aryl methyl sites for hydroxylation is 1. The Morgan fingerprint density at radius 2 is 1.72 bits per heavy atom. The zero-order chi connectivity index (χ0) is 22.1. The van der Waals surface area contributed by atoms with Crippen LogP contribution < -0.4 is 20.1 Å². The van der Waals surface area contributed by atoms with E-state index in [2.05, 4.69) is 51.7 Å². The van der Waals surface area contributed by atoms with E-state index in [1.807, 2.05) is 18.2 Å². The first-order chi connectivity index (χ1) is 15.1. The van der Waals surface area contributed by atoms with E-state index in [1.54, 1.807) is 21.3 Å². The largest absolute Gasteiger partial charge is 0.493 e. The van der Waals surface area contributed by atoms with Crippen molar-refractivity contribution in [3.05, 3.63) is 59.2 Å². The molecule has 8 heteroatoms. The number of nitrogens with zero attached hydrogens (tertiary/aromatic N) is 2. The minimum Gasteiger partial charge on any atom is -0.493 e. The van der Waals surface area contributed by atoms with Gasteiger partial charge in [-0.2, -0.15) is 0 Å². The summed E-state index contributed by atoms with van der Waals surface area (Å²) in [5, 5.41) is 6.89. The summed E-state index contributed by atoms with van der Waals surface area (Å²) in [5.41, 5.74) is 3.66. The van der Waals surface area contributed by atoms with Crippen molar-refractivity contribution in [1.29, 1.82) is 0 Å². The van der Waals surface area contributed by atoms with Gasteiger partial charge < -0.3 is 24.8 Å². The maximum Gasteiger partial charge on any atom is 0.191 e. The summed E-state index contributed by atoms with van der Waals surface area (Å²) in [7, 11) is 5.08. The van der Waals surface area contributed by atoms with Crippen molar-refractivity contribution in [3.63, 3.8) is 0 Å². The van der Waals surface area contributed by atoms with Crippen LogP contribution in [0.1, 0.15) is 22.7 Å². The fraction of sp³-hybridized carbons (Fsp3) is 0.458. The van der Waals surface area contributed by atoms with Crippen molar-refractivity contribution < 1.29 is 14.2 Å². The summed E-state index contributed by atoms with van der Waals surface area (Å²) < 4.78 is 16.3. The molecule has 2 N–H and O–H groups in total. The maximum absolute atomic E-state index is 5.56. The molecule has 1 aliphatic rings. The monoisotopic (exact) mass is 554 g/mol. The second-order valence-electron chi connectivity index (χ2n) is 7.57. The predicted octanol–water partition coefficient (Wildman–Crippen LogP) is 3.37. The zero-order valence-electron chi connectivity index (χ0n) is 19.4. The van der Waals surface area contributed by atoms with Crippen LogP contribution in [0.2, 0.25) is 0 Å². The number of ether oxygens (including phenoxy) is 3. The number of methoxy groups -OCH3 is 2. The number of nitrogens with one attached hydrogen (secondary N) is 2. The number of hydrogen-bond acceptors (Lipinski definition) is 5. The summed E-state index contributed by atoms with van der Waals surface area (Å²) in [4.78, 5) is 6.87. The Bertz CT molecular complexity index is 855. The average molecular weight is 554 g/mol. The highest BCUT2D eigenvalue weighted by Crippen LogP contribution is 2.27. The smallest absolute Gasteiger partial charge is 0.191 e. The van der Waals surface area contributed by atoms with Crippen molar-refractivity contribution in [2.75, 3.05) is 54.1 Å². The Morgan fingerprint density at radius 1 is 1.03 bits per heavy atom. The molecule has 1 saturated heterocycles. The van der Waals surface area contributed by atoms with E-state index in [4.69, 9.17) is 14.2 Å². The molecule has 176 valence electrons. The molecule has 1 aliphatic heterocycles. The lowest BCUT2D eigenvalue weighted by atomic mass is 10.0. The minimum atomic E-state index is 0. The van der Waals surface area contributed by atoms with E-state index >= 15 is 0 Å². The lowest BCUT2D eigenvalue weighted by molar-refractivity contribution is 0.0170. The van der Waals surface area contributed by atoms with Gasteiger partial charge in [-0.05, 0) is 30.2 Å². The van der Waals surface area contributed by atoms with Crippen LogP contribution in [0.5, 0.6) is 11.5 Å². The lowest BCUT2D eigenvalue weighted by Gasteiger charge is -2.35. The van der Waals surface area contributed by atoms with E-state index in [-0.39, 0.29) is 30.0 Å². The summed E-state index contributed by atoms with van der Waals surface area (Å²) in [6, 6.07) is 14.9. The molecule has 1 atom stereocenters. The number of morpholine rings is 1. The lowest BCUT2D eigenvalue weighted by Crippen LogP contribution is -2.46. The number of guanidine groups is 1. The van der Waals surface area contributed by atoms with E-state index in [0.29, 0.717) is 6.54 Å². The van der Waals surface area contributed by atoms with Crippen molar-refractivity contribution in [2.45, 2.75) is 19.5 Å². The molecule has 32 heavy (non-hydrogen) atoms. The highest BCUT2D eigenvalue weighted by atomic mass is 127. The molecule has 0 saturated carbocycles. The van der Waals surface area contributed by atoms with Gasteiger partial charge in [0.2, 0.25) is 0 Å². The van der Waals surface area contributed by atoms with Gasteiger partial charge in [-0.25, -0.2) is 0 Å². The first-order valence-corrected chi connectivity index (χ1v) is 10.7. The molecule has 0 radical (unpaired) electrons. The van der Waals surface area contributed by atoms with Crippen LogP contribution in [0.3, 0.4) is 0 Å². The molecule has 0 amide bonds. The number of halogens is 1. The molecule has 0 aliphatic carbocycles. The van der Waals surface area contributed by atoms with E-state index < -0.39 is 0 Å². The Kier molecular flexibility index (Phi) is 11.1. The number of aliphatic imine (C=N–C) groups is 1. The molecule has 1 heterocycles. The fourth-order valence-electron chi connectivity index (χ4n) is 3.73. The van der Waals surface area contributed by atoms with Gasteiger partial charge >= 0.3 is 0 Å². The van der Waals surface area contributed by atoms with Gasteiger partial charge in [0.25, 0.3) is 0 Å². The molecular weight excluding hydrogens is 519 g/mol. The Hall–Kier alpha value is -2.04. The van der Waals surface area contributed by atoms with Crippen LogP contribution in [0.25, 0.3) is 0 Å². The SMILES string of the molecule is CN=C(NCc1ccc(OC)c(OC)c1)NCC(c1ccc(C)cc1)N1CCOCC1.I. The van der Waals surface area contributed by atoms with Crippen molar-refractivity contribution in [3.8, 4) is 11.5 Å². The summed E-state index contributed by atoms with van der Waals surface area (Å²) in [6.45, 7) is 6.91. The van der Waals surface area contributed by atoms with Gasteiger partial charge in [-0.15, -0.1) is 24.0 Å². The Balaban J connectivity index is 0.00000363. The number of rotatable bonds is 8. The standard InChI is InChI=1S/C24H34N4O3.HI/c1-18-5-8-20(9-6-18)21(28-11-13-31-14-12-28)17-27-24(25-2)26-16-19-7-10-22(29-3)23(15-19)30-4;/h5-10,15,21H,11-14,16-17H2,1-4H3,(H2,25,26,27);1H. The summed E-state index contributed by atoms with van der Waals surface area (Å²) in [5.74, 6) is 2.21. The van der Waals surface area contributed by atoms with Crippen molar-refractivity contribution in [1.82, 2.24) is 15.5 Å². The minimum absolute atomic E-state index is 0. The second-order valence-corrected chi connectivity index (χ2v) is 7.57. The zero-order valence-corrected chi connectivity index (χ0v) is 21.7. The molecule has 2 aromatic carbocycles. The van der Waals surface area contributed by atoms with Crippen LogP contribution in [0, 0.1) is 6.92 Å². The highest BCUT2D eigenvalue weighted by Gasteiger charge is 2.22. The number of hydrogen-bond donors (Lipinski definition) is 2. The van der Waals surface area contributed by atoms with Gasteiger partial charge in [-0.3, -0.25) is 9.89 Å². The normalized spacial score (nSPS) is 15.4. The van der Waals surface area contributed by atoms with Crippen molar-refractivity contribution >= 4 is 29.9 Å². The molecule has 1 unspecified atom stereocenters. The van der Waals surface area contributed by atoms with E-state index in [0.717, 1.165) is 55.9 Å². The third-order valence-electron chi connectivity index (χ3n) is 5.54. The molecule has 3 rings (SSSR count). The number of benzene rings is 2. The van der Waals surface area contributed by atoms with Crippen LogP contribution in [0.4, 0.5) is 0 Å². The van der Waals surface area contributed by atoms with Gasteiger partial charge in [0.1, 0.15) is 0 Å². The Morgan fingerprint density at radius 3 is 2.34 bits per heavy atom. The molecule has 1 fully saturated rings. The molecule has 0 bridgehead atoms. The molecule has 2 aromatic rings. The highest BCUT2D eigenvalue weighted by molar-refractivity contribution is 14.0. The summed E-state index contributed by atoms with van der Waals surface area (Å²) in [6.07, 6.45) is 0. The van der Waals surface area contributed by atoms with Gasteiger partial charge in [-0.1, -0.05) is 35.9 Å². The molecular formula is C24H35IN4O3. The van der Waals surface area contributed by atoms with E-state index in [1.165, 1.54) is 11.1 Å². The second kappa shape index (κ2) is 13.5. The molecule has 0 spiro atoms. The first-order valence-electron chi connectivity index (χ1n) is 10.7. The van der Waals surface area contributed by atoms with Crippen LogP contribution >= 0.6 is 24.0 Å². The quantitative estimate of drug-likeness (QED) is 0.297. The predicted molar refractivity (Wildman–Crippen MR) is 139 cm³/mol. The van der Waals surface area contributed by atoms with Gasteiger partial charge in [0, 0.05) is 33.2 Å². The first kappa shape index (κ1) is 26.2. The fourth-order valence-corrected chi connectivity index (χ4v) is 3.73. The third-order valence-corrected chi connectivity index (χ3v) is 5.54. The third kappa shape index (κ3) is 7.25. The average Bonchev–Trinajstić information content (AvgIpc) is 2.82. The topological polar surface area (TPSA) is 67.4 Å². The van der Waals surface area contributed by atoms with Gasteiger partial charge in [0.15, 0.2) is 17.5 Å². The molecule has 0 aromatic heterocycles. The van der Waals surface area contributed by atoms with Crippen LogP contribution in [-0.2, 0) is 11.3 Å². The maximum atomic E-state index is 5.56. The Labute approximate surface area is 208 Å². The van der Waals surface area contributed by atoms with Crippen LogP contribution in [0.15, 0.2) is 47.5 Å². The summed E-state index contributed by atoms with van der Waals surface area (Å²) >= 11 is 0. The van der Waals surface area contributed by atoms with E-state index in [9.17, 15) is 0 Å². The van der Waals surface area contributed by atoms with Gasteiger partial charge in [0.05, 0.1) is 33.5 Å². The van der Waals surface area contributed by atoms with Crippen molar-refractivity contribution in [2.24, 2.45) is 4.99 Å². The molecule has 7 nitrogen and oxygen atoms in total.